The van der Waals surface area contributed by atoms with Gasteiger partial charge in [-0.1, -0.05) is 42.2 Å². The van der Waals surface area contributed by atoms with Crippen molar-refractivity contribution in [3.8, 4) is 0 Å². The van der Waals surface area contributed by atoms with Crippen LogP contribution in [0.25, 0.3) is 5.76 Å². The van der Waals surface area contributed by atoms with Crippen LogP contribution in [-0.4, -0.2) is 22.6 Å². The molecule has 0 N–H and O–H groups in total. The number of hydrogen-bond acceptors (Lipinski definition) is 6. The maximum absolute atomic E-state index is 12.5. The van der Waals surface area contributed by atoms with Crippen LogP contribution in [0.5, 0.6) is 0 Å². The third-order valence-electron chi connectivity index (χ3n) is 4.36. The highest BCUT2D eigenvalue weighted by atomic mass is 32.2. The maximum atomic E-state index is 12.5. The SMILES string of the molecule is O=C1C(=CC=CC2=C([O-])c3ccccc3S2(=O)=O)S(=O)(=O)c2ccccc21. The van der Waals surface area contributed by atoms with Gasteiger partial charge in [-0.2, -0.15) is 0 Å². The van der Waals surface area contributed by atoms with Crippen LogP contribution in [0.2, 0.25) is 0 Å². The molecule has 0 saturated carbocycles. The zero-order valence-electron chi connectivity index (χ0n) is 13.6. The van der Waals surface area contributed by atoms with E-state index in [9.17, 15) is 26.7 Å². The quantitative estimate of drug-likeness (QED) is 0.710. The lowest BCUT2D eigenvalue weighted by Crippen LogP contribution is -2.03. The van der Waals surface area contributed by atoms with Crippen molar-refractivity contribution in [2.75, 3.05) is 0 Å². The normalized spacial score (nSPS) is 21.0. The van der Waals surface area contributed by atoms with Gasteiger partial charge in [-0.05, 0) is 35.9 Å². The third kappa shape index (κ3) is 2.41. The Morgan fingerprint density at radius 1 is 0.778 bits per heavy atom. The monoisotopic (exact) mass is 399 g/mol. The van der Waals surface area contributed by atoms with Crippen LogP contribution in [0, 0.1) is 0 Å². The molecule has 0 atom stereocenters. The van der Waals surface area contributed by atoms with Crippen LogP contribution in [0.4, 0.5) is 0 Å². The van der Waals surface area contributed by atoms with E-state index in [0.29, 0.717) is 0 Å². The van der Waals surface area contributed by atoms with Crippen LogP contribution >= 0.6 is 0 Å². The zero-order chi connectivity index (χ0) is 19.4. The van der Waals surface area contributed by atoms with Crippen molar-refractivity contribution in [1.82, 2.24) is 0 Å². The summed E-state index contributed by atoms with van der Waals surface area (Å²) in [5.74, 6) is -1.33. The fourth-order valence-corrected chi connectivity index (χ4v) is 6.19. The molecular formula is C19H11O6S2-. The summed E-state index contributed by atoms with van der Waals surface area (Å²) in [5.41, 5.74) is 0.142. The Labute approximate surface area is 155 Å². The Kier molecular flexibility index (Phi) is 3.72. The van der Waals surface area contributed by atoms with Crippen molar-refractivity contribution < 1.29 is 26.7 Å². The minimum atomic E-state index is -3.97. The van der Waals surface area contributed by atoms with Crippen LogP contribution < -0.4 is 5.11 Å². The van der Waals surface area contributed by atoms with E-state index in [0.717, 1.165) is 18.2 Å². The predicted molar refractivity (Wildman–Crippen MR) is 95.7 cm³/mol. The van der Waals surface area contributed by atoms with Gasteiger partial charge in [0.2, 0.25) is 25.5 Å². The van der Waals surface area contributed by atoms with Crippen molar-refractivity contribution >= 4 is 31.2 Å². The lowest BCUT2D eigenvalue weighted by molar-refractivity contribution is -0.244. The molecule has 4 rings (SSSR count). The lowest BCUT2D eigenvalue weighted by atomic mass is 10.1. The molecule has 2 aliphatic heterocycles. The minimum absolute atomic E-state index is 0.0711. The topological polar surface area (TPSA) is 108 Å². The summed E-state index contributed by atoms with van der Waals surface area (Å²) in [5, 5.41) is 12.3. The Morgan fingerprint density at radius 3 is 1.93 bits per heavy atom. The number of ketones is 1. The summed E-state index contributed by atoms with van der Waals surface area (Å²) in [6.07, 6.45) is 3.15. The minimum Gasteiger partial charge on any atom is -0.871 e. The predicted octanol–water partition coefficient (Wildman–Crippen LogP) is 1.61. The van der Waals surface area contributed by atoms with Gasteiger partial charge >= 0.3 is 0 Å². The molecule has 136 valence electrons. The molecule has 2 heterocycles. The van der Waals surface area contributed by atoms with Crippen LogP contribution in [0.3, 0.4) is 0 Å². The number of benzene rings is 2. The van der Waals surface area contributed by atoms with Gasteiger partial charge in [0.15, 0.2) is 0 Å². The smallest absolute Gasteiger partial charge is 0.211 e. The number of Topliss-reactive ketones (excluding diaryl/α,β-unsaturated/α-hetero) is 1. The van der Waals surface area contributed by atoms with Gasteiger partial charge in [0, 0.05) is 5.56 Å². The van der Waals surface area contributed by atoms with Crippen molar-refractivity contribution in [2.45, 2.75) is 9.79 Å². The van der Waals surface area contributed by atoms with E-state index < -0.39 is 41.0 Å². The van der Waals surface area contributed by atoms with Gasteiger partial charge in [-0.25, -0.2) is 16.8 Å². The first kappa shape index (κ1) is 17.4. The Hall–Kier alpha value is -2.97. The molecule has 0 fully saturated rings. The molecule has 0 saturated heterocycles. The summed E-state index contributed by atoms with van der Waals surface area (Å²) in [6, 6.07) is 11.6. The highest BCUT2D eigenvalue weighted by Gasteiger charge is 2.38. The van der Waals surface area contributed by atoms with E-state index in [1.807, 2.05) is 0 Å². The molecule has 0 spiro atoms. The van der Waals surface area contributed by atoms with Crippen LogP contribution in [0.1, 0.15) is 15.9 Å². The molecule has 0 aliphatic carbocycles. The Bertz CT molecular complexity index is 1310. The second kappa shape index (κ2) is 5.77. The van der Waals surface area contributed by atoms with Crippen molar-refractivity contribution in [1.29, 1.82) is 0 Å². The molecule has 27 heavy (non-hydrogen) atoms. The lowest BCUT2D eigenvalue weighted by Gasteiger charge is -2.07. The maximum Gasteiger partial charge on any atom is 0.211 e. The van der Waals surface area contributed by atoms with E-state index in [-0.39, 0.29) is 20.9 Å². The molecule has 2 aromatic carbocycles. The molecule has 6 nitrogen and oxygen atoms in total. The van der Waals surface area contributed by atoms with Gasteiger partial charge in [-0.15, -0.1) is 0 Å². The highest BCUT2D eigenvalue weighted by Crippen LogP contribution is 2.37. The second-order valence-electron chi connectivity index (χ2n) is 5.91. The summed E-state index contributed by atoms with van der Waals surface area (Å²) in [6.45, 7) is 0. The van der Waals surface area contributed by atoms with E-state index in [2.05, 4.69) is 0 Å². The van der Waals surface area contributed by atoms with Crippen molar-refractivity contribution in [3.63, 3.8) is 0 Å². The zero-order valence-corrected chi connectivity index (χ0v) is 15.2. The molecule has 0 amide bonds. The third-order valence-corrected chi connectivity index (χ3v) is 8.04. The molecule has 2 aliphatic rings. The van der Waals surface area contributed by atoms with Crippen LogP contribution in [-0.2, 0) is 19.7 Å². The molecule has 0 unspecified atom stereocenters. The molecule has 0 aromatic heterocycles. The Balaban J connectivity index is 1.76. The number of carbonyl (C=O) groups is 1. The first-order valence-electron chi connectivity index (χ1n) is 7.79. The summed E-state index contributed by atoms with van der Waals surface area (Å²) in [7, 11) is -7.94. The molecule has 8 heteroatoms. The van der Waals surface area contributed by atoms with E-state index in [1.165, 1.54) is 36.4 Å². The highest BCUT2D eigenvalue weighted by molar-refractivity contribution is 7.97. The fourth-order valence-electron chi connectivity index (χ4n) is 3.08. The summed E-state index contributed by atoms with van der Waals surface area (Å²) >= 11 is 0. The largest absolute Gasteiger partial charge is 0.871 e. The average molecular weight is 399 g/mol. The number of hydrogen-bond donors (Lipinski definition) is 0. The Morgan fingerprint density at radius 2 is 1.33 bits per heavy atom. The number of sulfone groups is 2. The summed E-state index contributed by atoms with van der Waals surface area (Å²) in [4.78, 5) is 11.3. The number of rotatable bonds is 2. The van der Waals surface area contributed by atoms with E-state index >= 15 is 0 Å². The van der Waals surface area contributed by atoms with Crippen molar-refractivity contribution in [3.05, 3.63) is 87.7 Å². The summed E-state index contributed by atoms with van der Waals surface area (Å²) < 4.78 is 49.9. The van der Waals surface area contributed by atoms with E-state index in [1.54, 1.807) is 12.1 Å². The van der Waals surface area contributed by atoms with Crippen molar-refractivity contribution in [2.24, 2.45) is 0 Å². The van der Waals surface area contributed by atoms with Crippen LogP contribution in [0.15, 0.2) is 86.4 Å². The number of allylic oxidation sites excluding steroid dienone is 4. The van der Waals surface area contributed by atoms with Gasteiger partial charge in [0.1, 0.15) is 4.91 Å². The molecule has 0 radical (unpaired) electrons. The number of carbonyl (C=O) groups excluding carboxylic acids is 1. The van der Waals surface area contributed by atoms with Gasteiger partial charge in [0.25, 0.3) is 0 Å². The average Bonchev–Trinajstić information content (AvgIpc) is 2.96. The number of fused-ring (bicyclic) bond motifs is 2. The standard InChI is InChI=1S/C19H12O6S2/c20-18-12-6-1-3-8-14(12)26(22,23)16(18)10-5-11-17-19(21)13-7-2-4-9-15(13)27(17,24)25/h1-11,20H/p-1. The van der Waals surface area contributed by atoms with Gasteiger partial charge in [0.05, 0.1) is 14.7 Å². The van der Waals surface area contributed by atoms with Gasteiger partial charge < -0.3 is 5.11 Å². The van der Waals surface area contributed by atoms with E-state index in [4.69, 9.17) is 0 Å². The molecule has 0 bridgehead atoms. The molecular weight excluding hydrogens is 388 g/mol. The van der Waals surface area contributed by atoms with Gasteiger partial charge in [-0.3, -0.25) is 4.79 Å². The fraction of sp³-hybridized carbons (Fsp3) is 0. The first-order valence-corrected chi connectivity index (χ1v) is 10.8. The first-order chi connectivity index (χ1) is 12.8. The second-order valence-corrected chi connectivity index (χ2v) is 9.68. The molecule has 2 aromatic rings.